The highest BCUT2D eigenvalue weighted by molar-refractivity contribution is 6.37. The van der Waals surface area contributed by atoms with Gasteiger partial charge in [-0.1, -0.05) is 24.3 Å². The monoisotopic (exact) mass is 234 g/mol. The van der Waals surface area contributed by atoms with Crippen LogP contribution < -0.4 is 0 Å². The van der Waals surface area contributed by atoms with E-state index in [9.17, 15) is 0 Å². The van der Waals surface area contributed by atoms with Crippen LogP contribution in [0.25, 0.3) is 0 Å². The molecule has 2 aliphatic heterocycles. The highest BCUT2D eigenvalue weighted by atomic mass is 16.8. The number of fused-ring (bicyclic) bond motifs is 3. The van der Waals surface area contributed by atoms with Gasteiger partial charge in [0.2, 0.25) is 0 Å². The Morgan fingerprint density at radius 2 is 1.76 bits per heavy atom. The zero-order valence-corrected chi connectivity index (χ0v) is 10.9. The maximum absolute atomic E-state index is 6.09. The van der Waals surface area contributed by atoms with E-state index in [4.69, 9.17) is 14.0 Å². The molecule has 2 heterocycles. The topological polar surface area (TPSA) is 27.7 Å². The van der Waals surface area contributed by atoms with Crippen LogP contribution >= 0.6 is 0 Å². The van der Waals surface area contributed by atoms with Gasteiger partial charge in [-0.2, -0.15) is 0 Å². The van der Waals surface area contributed by atoms with E-state index in [1.165, 1.54) is 0 Å². The van der Waals surface area contributed by atoms with Gasteiger partial charge in [0.25, 0.3) is 0 Å². The Balaban J connectivity index is 2.12. The molecule has 0 aromatic rings. The average molecular weight is 234 g/mol. The minimum atomic E-state index is -0.535. The predicted octanol–water partition coefficient (Wildman–Crippen LogP) is 2.48. The molecule has 2 unspecified atom stereocenters. The fourth-order valence-corrected chi connectivity index (χ4v) is 3.31. The summed E-state index contributed by atoms with van der Waals surface area (Å²) in [6.45, 7) is 8.36. The van der Waals surface area contributed by atoms with Crippen LogP contribution in [-0.2, 0) is 14.0 Å². The lowest BCUT2D eigenvalue weighted by atomic mass is 9.64. The van der Waals surface area contributed by atoms with E-state index in [0.717, 1.165) is 6.42 Å². The van der Waals surface area contributed by atoms with E-state index in [2.05, 4.69) is 52.0 Å². The lowest BCUT2D eigenvalue weighted by Crippen LogP contribution is -2.56. The smallest absolute Gasteiger partial charge is 0.383 e. The summed E-state index contributed by atoms with van der Waals surface area (Å²) in [5.74, 6) is 0. The molecule has 0 N–H and O–H groups in total. The van der Waals surface area contributed by atoms with E-state index in [1.54, 1.807) is 0 Å². The summed E-state index contributed by atoms with van der Waals surface area (Å²) in [7, 11) is -0.535. The normalized spacial score (nSPS) is 41.2. The Bertz CT molecular complexity index is 389. The summed E-state index contributed by atoms with van der Waals surface area (Å²) in [5, 5.41) is 0. The van der Waals surface area contributed by atoms with Gasteiger partial charge in [0.15, 0.2) is 0 Å². The highest BCUT2D eigenvalue weighted by Crippen LogP contribution is 2.56. The van der Waals surface area contributed by atoms with Gasteiger partial charge in [-0.15, -0.1) is 0 Å². The first-order chi connectivity index (χ1) is 7.89. The molecule has 17 heavy (non-hydrogen) atoms. The van der Waals surface area contributed by atoms with Crippen LogP contribution in [0.3, 0.4) is 0 Å². The average Bonchev–Trinajstić information content (AvgIpc) is 2.69. The summed E-state index contributed by atoms with van der Waals surface area (Å²) >= 11 is 0. The second-order valence-electron chi connectivity index (χ2n) is 5.98. The first-order valence-electron chi connectivity index (χ1n) is 6.27. The van der Waals surface area contributed by atoms with Gasteiger partial charge in [0.1, 0.15) is 0 Å². The molecule has 3 nitrogen and oxygen atoms in total. The minimum absolute atomic E-state index is 0.124. The van der Waals surface area contributed by atoms with Gasteiger partial charge in [-0.05, 0) is 34.1 Å². The van der Waals surface area contributed by atoms with E-state index >= 15 is 0 Å². The van der Waals surface area contributed by atoms with Crippen molar-refractivity contribution >= 4 is 7.32 Å². The maximum atomic E-state index is 6.09. The van der Waals surface area contributed by atoms with Crippen molar-refractivity contribution in [3.8, 4) is 0 Å². The Kier molecular flexibility index (Phi) is 2.20. The van der Waals surface area contributed by atoms with Crippen LogP contribution in [0.15, 0.2) is 24.3 Å². The van der Waals surface area contributed by atoms with Crippen LogP contribution in [0.5, 0.6) is 0 Å². The molecule has 2 saturated heterocycles. The minimum Gasteiger partial charge on any atom is -0.383 e. The van der Waals surface area contributed by atoms with Gasteiger partial charge >= 0.3 is 7.32 Å². The van der Waals surface area contributed by atoms with Crippen LogP contribution in [0.2, 0.25) is 0 Å². The highest BCUT2D eigenvalue weighted by Gasteiger charge is 2.66. The Labute approximate surface area is 103 Å². The first kappa shape index (κ1) is 11.5. The van der Waals surface area contributed by atoms with Crippen molar-refractivity contribution < 1.29 is 14.0 Å². The van der Waals surface area contributed by atoms with Crippen molar-refractivity contribution in [3.05, 3.63) is 24.3 Å². The molecule has 92 valence electrons. The van der Waals surface area contributed by atoms with E-state index in [1.807, 2.05) is 0 Å². The number of allylic oxidation sites excluding steroid dienone is 2. The van der Waals surface area contributed by atoms with Gasteiger partial charge in [-0.3, -0.25) is 0 Å². The molecule has 0 radical (unpaired) electrons. The second-order valence-corrected chi connectivity index (χ2v) is 5.98. The van der Waals surface area contributed by atoms with Crippen LogP contribution in [-0.4, -0.2) is 24.6 Å². The van der Waals surface area contributed by atoms with Gasteiger partial charge in [0.05, 0.1) is 11.2 Å². The van der Waals surface area contributed by atoms with Crippen molar-refractivity contribution in [2.24, 2.45) is 5.41 Å². The first-order valence-corrected chi connectivity index (χ1v) is 6.27. The molecule has 3 rings (SSSR count). The number of hydrogen-bond acceptors (Lipinski definition) is 3. The zero-order chi connectivity index (χ0) is 12.3. The Hall–Kier alpha value is -0.575. The molecule has 1 aliphatic carbocycles. The molecule has 2 bridgehead atoms. The fourth-order valence-electron chi connectivity index (χ4n) is 3.31. The van der Waals surface area contributed by atoms with Gasteiger partial charge in [0, 0.05) is 11.5 Å². The second kappa shape index (κ2) is 3.25. The van der Waals surface area contributed by atoms with Gasteiger partial charge in [-0.25, -0.2) is 0 Å². The molecule has 2 atom stereocenters. The lowest BCUT2D eigenvalue weighted by molar-refractivity contribution is -0.0758. The summed E-state index contributed by atoms with van der Waals surface area (Å²) in [6.07, 6.45) is 9.70. The van der Waals surface area contributed by atoms with Crippen molar-refractivity contribution in [1.29, 1.82) is 0 Å². The van der Waals surface area contributed by atoms with E-state index < -0.39 is 7.32 Å². The van der Waals surface area contributed by atoms with Crippen molar-refractivity contribution in [2.75, 3.05) is 0 Å². The van der Waals surface area contributed by atoms with Crippen molar-refractivity contribution in [2.45, 2.75) is 51.4 Å². The van der Waals surface area contributed by atoms with Crippen LogP contribution in [0.1, 0.15) is 34.1 Å². The molecule has 0 amide bonds. The Morgan fingerprint density at radius 3 is 2.41 bits per heavy atom. The standard InChI is InChI=1S/C13H19BO3/c1-10-9-13(7-5-6-8-13)12(4)11(2,3)16-14(15-10)17-12/h5-8,10H,9H2,1-4H3. The predicted molar refractivity (Wildman–Crippen MR) is 66.3 cm³/mol. The largest absolute Gasteiger partial charge is 0.640 e. The summed E-state index contributed by atoms with van der Waals surface area (Å²) in [5.41, 5.74) is -0.878. The molecule has 0 saturated carbocycles. The zero-order valence-electron chi connectivity index (χ0n) is 10.9. The molecule has 4 heteroatoms. The number of rotatable bonds is 0. The molecule has 0 aromatic carbocycles. The SMILES string of the molecule is CC1CC2(C=CC=C2)C2(C)OB(O1)OC2(C)C. The summed E-state index contributed by atoms with van der Waals surface area (Å²) in [6, 6.07) is 0. The van der Waals surface area contributed by atoms with Crippen molar-refractivity contribution in [1.82, 2.24) is 0 Å². The quantitative estimate of drug-likeness (QED) is 0.602. The molecule has 3 aliphatic rings. The molecule has 2 fully saturated rings. The van der Waals surface area contributed by atoms with Crippen LogP contribution in [0, 0.1) is 5.41 Å². The molecular formula is C13H19BO3. The molecule has 1 spiro atoms. The third kappa shape index (κ3) is 1.35. The summed E-state index contributed by atoms with van der Waals surface area (Å²) < 4.78 is 17.8. The number of hydrogen-bond donors (Lipinski definition) is 0. The maximum Gasteiger partial charge on any atom is 0.640 e. The summed E-state index contributed by atoms with van der Waals surface area (Å²) in [4.78, 5) is 0. The Morgan fingerprint density at radius 1 is 1.12 bits per heavy atom. The lowest BCUT2D eigenvalue weighted by Gasteiger charge is -2.48. The van der Waals surface area contributed by atoms with E-state index in [-0.39, 0.29) is 22.7 Å². The molecular weight excluding hydrogens is 215 g/mol. The van der Waals surface area contributed by atoms with Gasteiger partial charge < -0.3 is 14.0 Å². The van der Waals surface area contributed by atoms with E-state index in [0.29, 0.717) is 0 Å². The third-order valence-corrected chi connectivity index (χ3v) is 4.63. The fraction of sp³-hybridized carbons (Fsp3) is 0.692. The van der Waals surface area contributed by atoms with Crippen LogP contribution in [0.4, 0.5) is 0 Å². The van der Waals surface area contributed by atoms with Crippen molar-refractivity contribution in [3.63, 3.8) is 0 Å². The molecule has 0 aromatic heterocycles. The third-order valence-electron chi connectivity index (χ3n) is 4.63.